The highest BCUT2D eigenvalue weighted by Gasteiger charge is 2.29. The highest BCUT2D eigenvalue weighted by Crippen LogP contribution is 2.29. The monoisotopic (exact) mass is 311 g/mol. The van der Waals surface area contributed by atoms with Gasteiger partial charge in [-0.15, -0.1) is 0 Å². The van der Waals surface area contributed by atoms with Crippen LogP contribution in [0, 0.1) is 0 Å². The number of carbonyl (C=O) groups is 1. The minimum atomic E-state index is -4.44. The number of sulfonamides is 1. The highest BCUT2D eigenvalue weighted by atomic mass is 32.2. The molecule has 0 fully saturated rings. The number of alkyl halides is 3. The van der Waals surface area contributed by atoms with E-state index in [-0.39, 0.29) is 6.54 Å². The molecule has 5 nitrogen and oxygen atoms in total. The maximum absolute atomic E-state index is 12.3. The molecule has 0 heterocycles. The van der Waals surface area contributed by atoms with Gasteiger partial charge in [-0.1, -0.05) is 12.1 Å². The van der Waals surface area contributed by atoms with E-state index in [1.54, 1.807) is 0 Å². The molecule has 0 saturated heterocycles. The second-order valence-corrected chi connectivity index (χ2v) is 5.90. The van der Waals surface area contributed by atoms with Crippen LogP contribution in [0.15, 0.2) is 24.3 Å². The summed E-state index contributed by atoms with van der Waals surface area (Å²) in [6.45, 7) is -0.194. The third kappa shape index (κ3) is 5.57. The molecule has 0 atom stereocenters. The lowest BCUT2D eigenvalue weighted by Crippen LogP contribution is -2.27. The zero-order chi connectivity index (χ0) is 15.4. The Morgan fingerprint density at radius 1 is 1.20 bits per heavy atom. The van der Waals surface area contributed by atoms with Gasteiger partial charge < -0.3 is 5.11 Å². The van der Waals surface area contributed by atoms with Crippen molar-refractivity contribution >= 4 is 16.0 Å². The van der Waals surface area contributed by atoms with E-state index < -0.39 is 39.9 Å². The summed E-state index contributed by atoms with van der Waals surface area (Å²) in [6, 6.07) is 4.01. The molecule has 0 aliphatic rings. The van der Waals surface area contributed by atoms with Crippen molar-refractivity contribution in [3.05, 3.63) is 35.4 Å². The molecule has 0 spiro atoms. The lowest BCUT2D eigenvalue weighted by molar-refractivity contribution is -0.138. The number of hydrogen-bond acceptors (Lipinski definition) is 3. The van der Waals surface area contributed by atoms with Crippen molar-refractivity contribution in [2.75, 3.05) is 5.75 Å². The van der Waals surface area contributed by atoms with Gasteiger partial charge in [0.25, 0.3) is 0 Å². The Bertz CT molecular complexity index is 566. The van der Waals surface area contributed by atoms with Crippen LogP contribution in [0.3, 0.4) is 0 Å². The molecule has 0 amide bonds. The van der Waals surface area contributed by atoms with Gasteiger partial charge in [-0.3, -0.25) is 4.79 Å². The highest BCUT2D eigenvalue weighted by molar-refractivity contribution is 7.89. The Kier molecular flexibility index (Phi) is 5.12. The lowest BCUT2D eigenvalue weighted by Gasteiger charge is -2.08. The lowest BCUT2D eigenvalue weighted by atomic mass is 10.1. The smallest absolute Gasteiger partial charge is 0.416 e. The second kappa shape index (κ2) is 6.23. The van der Waals surface area contributed by atoms with Gasteiger partial charge in [-0.05, 0) is 17.7 Å². The molecule has 1 rings (SSSR count). The quantitative estimate of drug-likeness (QED) is 0.836. The standard InChI is InChI=1S/C11H12F3NO4S/c12-11(13,14)9-3-1-8(2-4-9)7-15-20(18,19)6-5-10(16)17/h1-4,15H,5-7H2,(H,16,17). The molecule has 0 radical (unpaired) electrons. The zero-order valence-electron chi connectivity index (χ0n) is 10.1. The third-order valence-corrected chi connectivity index (χ3v) is 3.69. The van der Waals surface area contributed by atoms with Gasteiger partial charge in [-0.25, -0.2) is 13.1 Å². The molecule has 1 aromatic carbocycles. The first kappa shape index (κ1) is 16.4. The van der Waals surface area contributed by atoms with Crippen LogP contribution in [0.25, 0.3) is 0 Å². The van der Waals surface area contributed by atoms with E-state index in [1.165, 1.54) is 0 Å². The number of hydrogen-bond donors (Lipinski definition) is 2. The zero-order valence-corrected chi connectivity index (χ0v) is 11.0. The van der Waals surface area contributed by atoms with Crippen LogP contribution in [-0.2, 0) is 27.5 Å². The number of nitrogens with one attached hydrogen (secondary N) is 1. The molecule has 2 N–H and O–H groups in total. The fraction of sp³-hybridized carbons (Fsp3) is 0.364. The van der Waals surface area contributed by atoms with E-state index in [0.717, 1.165) is 24.3 Å². The number of aliphatic carboxylic acids is 1. The molecule has 9 heteroatoms. The molecular weight excluding hydrogens is 299 g/mol. The van der Waals surface area contributed by atoms with Crippen LogP contribution < -0.4 is 4.72 Å². The molecule has 1 aromatic rings. The number of carboxylic acid groups (broad SMARTS) is 1. The van der Waals surface area contributed by atoms with E-state index in [9.17, 15) is 26.4 Å². The van der Waals surface area contributed by atoms with Crippen molar-refractivity contribution in [1.29, 1.82) is 0 Å². The molecular formula is C11H12F3NO4S. The molecule has 0 aliphatic carbocycles. The van der Waals surface area contributed by atoms with Crippen LogP contribution in [0.1, 0.15) is 17.5 Å². The molecule has 0 bridgehead atoms. The summed E-state index contributed by atoms with van der Waals surface area (Å²) in [5, 5.41) is 8.37. The van der Waals surface area contributed by atoms with Crippen molar-refractivity contribution < 1.29 is 31.5 Å². The fourth-order valence-electron chi connectivity index (χ4n) is 1.30. The first-order valence-electron chi connectivity index (χ1n) is 5.45. The van der Waals surface area contributed by atoms with Crippen molar-refractivity contribution in [2.24, 2.45) is 0 Å². The summed E-state index contributed by atoms with van der Waals surface area (Å²) < 4.78 is 61.8. The van der Waals surface area contributed by atoms with E-state index in [1.807, 2.05) is 0 Å². The predicted molar refractivity (Wildman–Crippen MR) is 64.3 cm³/mol. The van der Waals surface area contributed by atoms with Gasteiger partial charge in [0.1, 0.15) is 0 Å². The molecule has 0 aromatic heterocycles. The Hall–Kier alpha value is -1.61. The summed E-state index contributed by atoms with van der Waals surface area (Å²) in [5.41, 5.74) is -0.480. The first-order chi connectivity index (χ1) is 9.10. The van der Waals surface area contributed by atoms with E-state index in [0.29, 0.717) is 5.56 Å². The molecule has 112 valence electrons. The number of benzene rings is 1. The van der Waals surface area contributed by atoms with Crippen LogP contribution in [0.4, 0.5) is 13.2 Å². The number of halogens is 3. The van der Waals surface area contributed by atoms with Crippen LogP contribution >= 0.6 is 0 Å². The Balaban J connectivity index is 2.60. The van der Waals surface area contributed by atoms with E-state index in [2.05, 4.69) is 4.72 Å². The molecule has 0 unspecified atom stereocenters. The topological polar surface area (TPSA) is 83.5 Å². The van der Waals surface area contributed by atoms with Gasteiger partial charge in [0, 0.05) is 6.54 Å². The minimum Gasteiger partial charge on any atom is -0.481 e. The Labute approximate surface area is 113 Å². The molecule has 0 saturated carbocycles. The van der Waals surface area contributed by atoms with Gasteiger partial charge in [0.15, 0.2) is 0 Å². The van der Waals surface area contributed by atoms with Crippen LogP contribution in [0.5, 0.6) is 0 Å². The van der Waals surface area contributed by atoms with Crippen LogP contribution in [0.2, 0.25) is 0 Å². The summed E-state index contributed by atoms with van der Waals surface area (Å²) in [6.07, 6.45) is -4.98. The first-order valence-corrected chi connectivity index (χ1v) is 7.11. The van der Waals surface area contributed by atoms with Gasteiger partial charge in [0.2, 0.25) is 10.0 Å². The summed E-state index contributed by atoms with van der Waals surface area (Å²) in [4.78, 5) is 10.3. The van der Waals surface area contributed by atoms with Gasteiger partial charge in [0.05, 0.1) is 17.7 Å². The van der Waals surface area contributed by atoms with Crippen molar-refractivity contribution in [1.82, 2.24) is 4.72 Å². The summed E-state index contributed by atoms with van der Waals surface area (Å²) in [7, 11) is -3.77. The Morgan fingerprint density at radius 2 is 1.75 bits per heavy atom. The van der Waals surface area contributed by atoms with Gasteiger partial charge >= 0.3 is 12.1 Å². The second-order valence-electron chi connectivity index (χ2n) is 3.98. The SMILES string of the molecule is O=C(O)CCS(=O)(=O)NCc1ccc(C(F)(F)F)cc1. The minimum absolute atomic E-state index is 0.194. The van der Waals surface area contributed by atoms with Crippen molar-refractivity contribution in [2.45, 2.75) is 19.1 Å². The van der Waals surface area contributed by atoms with Gasteiger partial charge in [-0.2, -0.15) is 13.2 Å². The van der Waals surface area contributed by atoms with Crippen molar-refractivity contribution in [3.63, 3.8) is 0 Å². The van der Waals surface area contributed by atoms with Crippen LogP contribution in [-0.4, -0.2) is 25.2 Å². The summed E-state index contributed by atoms with van der Waals surface area (Å²) in [5.74, 6) is -1.83. The number of carboxylic acids is 1. The third-order valence-electron chi connectivity index (χ3n) is 2.36. The summed E-state index contributed by atoms with van der Waals surface area (Å²) >= 11 is 0. The van der Waals surface area contributed by atoms with E-state index in [4.69, 9.17) is 5.11 Å². The Morgan fingerprint density at radius 3 is 2.20 bits per heavy atom. The average Bonchev–Trinajstić information content (AvgIpc) is 2.34. The molecule has 20 heavy (non-hydrogen) atoms. The largest absolute Gasteiger partial charge is 0.481 e. The maximum atomic E-state index is 12.3. The average molecular weight is 311 g/mol. The number of rotatable bonds is 6. The van der Waals surface area contributed by atoms with Crippen molar-refractivity contribution in [3.8, 4) is 0 Å². The predicted octanol–water partition coefficient (Wildman–Crippen LogP) is 1.60. The maximum Gasteiger partial charge on any atom is 0.416 e. The normalized spacial score (nSPS) is 12.3. The fourth-order valence-corrected chi connectivity index (χ4v) is 2.27. The molecule has 0 aliphatic heterocycles. The van der Waals surface area contributed by atoms with E-state index >= 15 is 0 Å².